The van der Waals surface area contributed by atoms with Crippen LogP contribution in [-0.4, -0.2) is 13.4 Å². The summed E-state index contributed by atoms with van der Waals surface area (Å²) in [6, 6.07) is 0. The Morgan fingerprint density at radius 3 is 2.70 bits per heavy atom. The fourth-order valence-electron chi connectivity index (χ4n) is 0.335. The smallest absolute Gasteiger partial charge is 0.175 e. The molecule has 0 amide bonds. The van der Waals surface area contributed by atoms with Gasteiger partial charge in [-0.1, -0.05) is 13.0 Å². The highest BCUT2D eigenvalue weighted by Crippen LogP contribution is 2.00. The van der Waals surface area contributed by atoms with Crippen molar-refractivity contribution in [3.05, 3.63) is 16.6 Å². The molecule has 4 heteroatoms. The van der Waals surface area contributed by atoms with E-state index in [9.17, 15) is 8.42 Å². The van der Waals surface area contributed by atoms with Gasteiger partial charge in [-0.3, -0.25) is 0 Å². The van der Waals surface area contributed by atoms with E-state index in [1.165, 1.54) is 0 Å². The third kappa shape index (κ3) is 5.82. The molecule has 56 valence electrons. The van der Waals surface area contributed by atoms with E-state index in [-0.39, 0.29) is 0 Å². The number of hydrogen-bond acceptors (Lipinski definition) is 2. The van der Waals surface area contributed by atoms with Gasteiger partial charge in [0.15, 0.2) is 0 Å². The van der Waals surface area contributed by atoms with E-state index >= 15 is 0 Å². The predicted molar refractivity (Wildman–Crippen MR) is 45.8 cm³/mol. The standard InChI is InChI=1S/C6H7BrO2S/c1-2-3-4-6(7)5-10(8)9/h3-4H,2H2,1H3. The second kappa shape index (κ2) is 5.47. The molecule has 0 aliphatic heterocycles. The molecule has 0 saturated carbocycles. The lowest BCUT2D eigenvalue weighted by Crippen LogP contribution is -1.64. The van der Waals surface area contributed by atoms with Crippen LogP contribution in [0.25, 0.3) is 0 Å². The second-order valence-corrected chi connectivity index (χ2v) is 3.02. The molecule has 0 aromatic rings. The molecule has 0 aliphatic rings. The molecule has 0 atom stereocenters. The van der Waals surface area contributed by atoms with Crippen LogP contribution in [0.2, 0.25) is 0 Å². The van der Waals surface area contributed by atoms with Gasteiger partial charge in [-0.2, -0.15) is 8.42 Å². The Kier molecular flexibility index (Phi) is 5.30. The maximum atomic E-state index is 9.98. The van der Waals surface area contributed by atoms with Crippen LogP contribution in [0.1, 0.15) is 13.3 Å². The molecule has 2 nitrogen and oxygen atoms in total. The summed E-state index contributed by atoms with van der Waals surface area (Å²) in [4.78, 5) is 0. The van der Waals surface area contributed by atoms with Gasteiger partial charge < -0.3 is 0 Å². The number of halogens is 1. The highest BCUT2D eigenvalue weighted by molar-refractivity contribution is 9.12. The molecule has 0 N–H and O–H groups in total. The van der Waals surface area contributed by atoms with Gasteiger partial charge in [-0.15, -0.1) is 0 Å². The Balaban J connectivity index is 4.54. The Morgan fingerprint density at radius 2 is 2.30 bits per heavy atom. The zero-order valence-electron chi connectivity index (χ0n) is 5.46. The van der Waals surface area contributed by atoms with Crippen LogP contribution in [0.15, 0.2) is 16.6 Å². The van der Waals surface area contributed by atoms with E-state index in [0.717, 1.165) is 6.42 Å². The summed E-state index contributed by atoms with van der Waals surface area (Å²) in [5, 5.41) is 2.14. The van der Waals surface area contributed by atoms with Crippen molar-refractivity contribution in [2.45, 2.75) is 13.3 Å². The lowest BCUT2D eigenvalue weighted by Gasteiger charge is -1.76. The van der Waals surface area contributed by atoms with Crippen LogP contribution in [0.4, 0.5) is 0 Å². The Hall–Kier alpha value is -0.310. The number of rotatable bonds is 2. The molecule has 10 heavy (non-hydrogen) atoms. The average Bonchev–Trinajstić information content (AvgIpc) is 1.82. The molecule has 0 rings (SSSR count). The molecule has 0 spiro atoms. The molecular weight excluding hydrogens is 216 g/mol. The van der Waals surface area contributed by atoms with Gasteiger partial charge in [0.05, 0.1) is 4.48 Å². The van der Waals surface area contributed by atoms with Crippen molar-refractivity contribution in [1.82, 2.24) is 0 Å². The van der Waals surface area contributed by atoms with Gasteiger partial charge in [0, 0.05) is 5.02 Å². The molecule has 0 saturated heterocycles. The molecule has 0 heterocycles. The first-order valence-electron chi connectivity index (χ1n) is 2.71. The van der Waals surface area contributed by atoms with Crippen LogP contribution in [-0.2, 0) is 10.3 Å². The van der Waals surface area contributed by atoms with Crippen LogP contribution < -0.4 is 0 Å². The summed E-state index contributed by atoms with van der Waals surface area (Å²) in [5.41, 5.74) is 0. The van der Waals surface area contributed by atoms with Crippen molar-refractivity contribution >= 4 is 31.2 Å². The minimum atomic E-state index is -2.23. The molecule has 0 radical (unpaired) electrons. The third-order valence-corrected chi connectivity index (χ3v) is 1.79. The molecule has 0 fully saturated rings. The largest absolute Gasteiger partial charge is 0.261 e. The lowest BCUT2D eigenvalue weighted by molar-refractivity contribution is 0.627. The number of hydrogen-bond donors (Lipinski definition) is 0. The van der Waals surface area contributed by atoms with E-state index in [2.05, 4.69) is 21.0 Å². The van der Waals surface area contributed by atoms with E-state index in [0.29, 0.717) is 4.48 Å². The van der Waals surface area contributed by atoms with Crippen molar-refractivity contribution in [2.24, 2.45) is 0 Å². The fraction of sp³-hybridized carbons (Fsp3) is 0.333. The summed E-state index contributed by atoms with van der Waals surface area (Å²) < 4.78 is 20.4. The van der Waals surface area contributed by atoms with Crippen molar-refractivity contribution in [1.29, 1.82) is 0 Å². The van der Waals surface area contributed by atoms with E-state index in [4.69, 9.17) is 0 Å². The monoisotopic (exact) mass is 222 g/mol. The highest BCUT2D eigenvalue weighted by Gasteiger charge is 1.78. The van der Waals surface area contributed by atoms with E-state index < -0.39 is 10.3 Å². The zero-order chi connectivity index (χ0) is 7.98. The molecular formula is C6H7BrO2S. The van der Waals surface area contributed by atoms with Gasteiger partial charge in [0.25, 0.3) is 10.3 Å². The first-order valence-corrected chi connectivity index (χ1v) is 4.58. The molecule has 0 aromatic heterocycles. The first kappa shape index (κ1) is 9.69. The summed E-state index contributed by atoms with van der Waals surface area (Å²) in [7, 11) is -2.23. The maximum absolute atomic E-state index is 9.98. The summed E-state index contributed by atoms with van der Waals surface area (Å²) in [5.74, 6) is 0. The van der Waals surface area contributed by atoms with Crippen LogP contribution in [0.5, 0.6) is 0 Å². The van der Waals surface area contributed by atoms with Crippen LogP contribution in [0, 0.1) is 0 Å². The van der Waals surface area contributed by atoms with Gasteiger partial charge in [-0.25, -0.2) is 0 Å². The Labute approximate surface area is 69.9 Å². The van der Waals surface area contributed by atoms with E-state index in [1.807, 2.05) is 13.0 Å². The maximum Gasteiger partial charge on any atom is 0.261 e. The normalized spacial score (nSPS) is 9.40. The topological polar surface area (TPSA) is 34.1 Å². The minimum absolute atomic E-state index is 0.447. The summed E-state index contributed by atoms with van der Waals surface area (Å²) in [6.07, 6.45) is 4.36. The number of allylic oxidation sites excluding steroid dienone is 3. The van der Waals surface area contributed by atoms with Crippen molar-refractivity contribution < 1.29 is 8.42 Å². The van der Waals surface area contributed by atoms with Gasteiger partial charge in [-0.05, 0) is 28.4 Å². The van der Waals surface area contributed by atoms with Crippen molar-refractivity contribution in [2.75, 3.05) is 0 Å². The average molecular weight is 223 g/mol. The molecule has 0 unspecified atom stereocenters. The van der Waals surface area contributed by atoms with Crippen LogP contribution >= 0.6 is 15.9 Å². The predicted octanol–water partition coefficient (Wildman–Crippen LogP) is 1.51. The van der Waals surface area contributed by atoms with Gasteiger partial charge in [0.2, 0.25) is 0 Å². The summed E-state index contributed by atoms with van der Waals surface area (Å²) >= 11 is 3.01. The fourth-order valence-corrected chi connectivity index (χ4v) is 1.15. The molecule has 0 bridgehead atoms. The van der Waals surface area contributed by atoms with Crippen LogP contribution in [0.3, 0.4) is 0 Å². The first-order chi connectivity index (χ1) is 4.66. The summed E-state index contributed by atoms with van der Waals surface area (Å²) in [6.45, 7) is 1.96. The van der Waals surface area contributed by atoms with E-state index in [1.54, 1.807) is 6.08 Å². The SMILES string of the molecule is CCC=CC(Br)=C=S(=O)=O. The Bertz CT molecular complexity index is 273. The Morgan fingerprint density at radius 1 is 1.70 bits per heavy atom. The second-order valence-electron chi connectivity index (χ2n) is 1.50. The van der Waals surface area contributed by atoms with Gasteiger partial charge in [0.1, 0.15) is 0 Å². The zero-order valence-corrected chi connectivity index (χ0v) is 7.87. The highest BCUT2D eigenvalue weighted by atomic mass is 79.9. The van der Waals surface area contributed by atoms with Crippen molar-refractivity contribution in [3.63, 3.8) is 0 Å². The minimum Gasteiger partial charge on any atom is -0.175 e. The van der Waals surface area contributed by atoms with Crippen molar-refractivity contribution in [3.8, 4) is 0 Å². The quantitative estimate of drug-likeness (QED) is 0.525. The molecule has 0 aliphatic carbocycles. The van der Waals surface area contributed by atoms with Gasteiger partial charge >= 0.3 is 0 Å². The molecule has 0 aromatic carbocycles. The third-order valence-electron chi connectivity index (χ3n) is 0.681. The lowest BCUT2D eigenvalue weighted by atomic mass is 10.4.